The average Bonchev–Trinajstić information content (AvgIpc) is 2.39. The summed E-state index contributed by atoms with van der Waals surface area (Å²) in [5.74, 6) is 0. The van der Waals surface area contributed by atoms with E-state index in [0.717, 1.165) is 0 Å². The molecule has 0 saturated carbocycles. The summed E-state index contributed by atoms with van der Waals surface area (Å²) in [5.41, 5.74) is 0.694. The zero-order valence-corrected chi connectivity index (χ0v) is 9.71. The first-order valence-electron chi connectivity index (χ1n) is 4.94. The van der Waals surface area contributed by atoms with Crippen molar-refractivity contribution in [3.05, 3.63) is 60.4 Å². The van der Waals surface area contributed by atoms with Crippen molar-refractivity contribution >= 4 is 16.2 Å². The lowest BCUT2D eigenvalue weighted by Crippen LogP contribution is -1.97. The van der Waals surface area contributed by atoms with Gasteiger partial charge in [0.1, 0.15) is 0 Å². The molecule has 0 aliphatic heterocycles. The molecule has 2 rings (SSSR count). The Kier molecular flexibility index (Phi) is 3.30. The van der Waals surface area contributed by atoms with E-state index in [-0.39, 0.29) is 4.90 Å². The Labute approximate surface area is 99.7 Å². The summed E-state index contributed by atoms with van der Waals surface area (Å²) in [7, 11) is -3.61. The van der Waals surface area contributed by atoms with E-state index in [9.17, 15) is 8.42 Å². The second-order valence-electron chi connectivity index (χ2n) is 3.30. The van der Waals surface area contributed by atoms with Gasteiger partial charge >= 0.3 is 0 Å². The second-order valence-corrected chi connectivity index (χ2v) is 4.94. The second kappa shape index (κ2) is 4.88. The fraction of sp³-hybridized carbons (Fsp3) is 0. The monoisotopic (exact) mass is 246 g/mol. The fourth-order valence-corrected chi connectivity index (χ4v) is 2.12. The van der Waals surface area contributed by atoms with E-state index in [0.29, 0.717) is 5.56 Å². The first kappa shape index (κ1) is 11.5. The van der Waals surface area contributed by atoms with Gasteiger partial charge in [-0.25, -0.2) is 0 Å². The summed E-state index contributed by atoms with van der Waals surface area (Å²) in [4.78, 5) is 4.02. The van der Waals surface area contributed by atoms with Crippen molar-refractivity contribution in [2.45, 2.75) is 4.90 Å². The minimum absolute atomic E-state index is 0.185. The lowest BCUT2D eigenvalue weighted by molar-refractivity contribution is 0.598. The maximum Gasteiger partial charge on any atom is 0.282 e. The molecular formula is C12H10N2O2S. The van der Waals surface area contributed by atoms with Crippen molar-refractivity contribution in [1.29, 1.82) is 0 Å². The molecule has 0 spiro atoms. The van der Waals surface area contributed by atoms with Gasteiger partial charge in [-0.2, -0.15) is 12.8 Å². The number of benzene rings is 1. The van der Waals surface area contributed by atoms with Gasteiger partial charge in [-0.3, -0.25) is 4.98 Å². The molecule has 0 radical (unpaired) electrons. The number of nitrogens with zero attached hydrogens (tertiary/aromatic N) is 2. The van der Waals surface area contributed by atoms with E-state index >= 15 is 0 Å². The maximum absolute atomic E-state index is 11.8. The molecule has 2 aromatic rings. The van der Waals surface area contributed by atoms with Gasteiger partial charge in [0.15, 0.2) is 0 Å². The molecular weight excluding hydrogens is 236 g/mol. The molecule has 17 heavy (non-hydrogen) atoms. The molecule has 1 aromatic heterocycles. The minimum atomic E-state index is -3.61. The maximum atomic E-state index is 11.8. The fourth-order valence-electron chi connectivity index (χ4n) is 1.23. The highest BCUT2D eigenvalue weighted by Gasteiger charge is 2.09. The SMILES string of the molecule is O=S(=O)(N=Cc1ccncc1)c1ccccc1. The Hall–Kier alpha value is -2.01. The van der Waals surface area contributed by atoms with Crippen LogP contribution in [0.3, 0.4) is 0 Å². The summed E-state index contributed by atoms with van der Waals surface area (Å²) < 4.78 is 27.2. The van der Waals surface area contributed by atoms with E-state index in [1.807, 2.05) is 0 Å². The number of sulfonamides is 1. The molecule has 0 N–H and O–H groups in total. The summed E-state index contributed by atoms with van der Waals surface area (Å²) in [6, 6.07) is 11.5. The van der Waals surface area contributed by atoms with Crippen LogP contribution in [-0.2, 0) is 10.0 Å². The van der Waals surface area contributed by atoms with Crippen molar-refractivity contribution in [2.24, 2.45) is 4.40 Å². The third-order valence-corrected chi connectivity index (χ3v) is 3.34. The van der Waals surface area contributed by atoms with Crippen molar-refractivity contribution < 1.29 is 8.42 Å². The van der Waals surface area contributed by atoms with Crippen LogP contribution in [0.4, 0.5) is 0 Å². The highest BCUT2D eigenvalue weighted by atomic mass is 32.2. The van der Waals surface area contributed by atoms with Crippen LogP contribution in [0.5, 0.6) is 0 Å². The van der Waals surface area contributed by atoms with Crippen LogP contribution in [0.15, 0.2) is 64.2 Å². The van der Waals surface area contributed by atoms with Crippen LogP contribution in [0.25, 0.3) is 0 Å². The van der Waals surface area contributed by atoms with Gasteiger partial charge in [-0.15, -0.1) is 0 Å². The molecule has 0 fully saturated rings. The van der Waals surface area contributed by atoms with Gasteiger partial charge in [0.2, 0.25) is 0 Å². The first-order valence-corrected chi connectivity index (χ1v) is 6.38. The predicted octanol–water partition coefficient (Wildman–Crippen LogP) is 1.89. The van der Waals surface area contributed by atoms with E-state index in [2.05, 4.69) is 9.38 Å². The van der Waals surface area contributed by atoms with Gasteiger partial charge in [0.05, 0.1) is 4.90 Å². The Morgan fingerprint density at radius 3 is 2.29 bits per heavy atom. The number of hydrogen-bond acceptors (Lipinski definition) is 3. The number of pyridine rings is 1. The molecule has 4 nitrogen and oxygen atoms in total. The molecule has 0 aliphatic rings. The van der Waals surface area contributed by atoms with E-state index in [1.54, 1.807) is 42.7 Å². The number of aromatic nitrogens is 1. The van der Waals surface area contributed by atoms with E-state index in [4.69, 9.17) is 0 Å². The Morgan fingerprint density at radius 2 is 1.65 bits per heavy atom. The third-order valence-electron chi connectivity index (χ3n) is 2.09. The number of hydrogen-bond donors (Lipinski definition) is 0. The highest BCUT2D eigenvalue weighted by molar-refractivity contribution is 7.90. The molecule has 0 aliphatic carbocycles. The van der Waals surface area contributed by atoms with Crippen LogP contribution in [0.2, 0.25) is 0 Å². The third kappa shape index (κ3) is 2.98. The van der Waals surface area contributed by atoms with Crippen LogP contribution >= 0.6 is 0 Å². The van der Waals surface area contributed by atoms with Gasteiger partial charge in [-0.1, -0.05) is 18.2 Å². The lowest BCUT2D eigenvalue weighted by atomic mass is 10.3. The Balaban J connectivity index is 2.28. The summed E-state index contributed by atoms with van der Waals surface area (Å²) in [6.07, 6.45) is 4.47. The topological polar surface area (TPSA) is 59.4 Å². The van der Waals surface area contributed by atoms with Gasteiger partial charge in [-0.05, 0) is 29.8 Å². The molecule has 1 aromatic carbocycles. The zero-order chi connectivity index (χ0) is 12.1. The van der Waals surface area contributed by atoms with E-state index in [1.165, 1.54) is 18.3 Å². The largest absolute Gasteiger partial charge is 0.282 e. The zero-order valence-electron chi connectivity index (χ0n) is 8.89. The van der Waals surface area contributed by atoms with Gasteiger partial charge in [0.25, 0.3) is 10.0 Å². The predicted molar refractivity (Wildman–Crippen MR) is 65.5 cm³/mol. The van der Waals surface area contributed by atoms with Crippen LogP contribution < -0.4 is 0 Å². The Morgan fingerprint density at radius 1 is 1.00 bits per heavy atom. The molecule has 0 unspecified atom stereocenters. The van der Waals surface area contributed by atoms with Gasteiger partial charge < -0.3 is 0 Å². The van der Waals surface area contributed by atoms with Crippen molar-refractivity contribution in [2.75, 3.05) is 0 Å². The van der Waals surface area contributed by atoms with Crippen LogP contribution in [0, 0.1) is 0 Å². The first-order chi connectivity index (χ1) is 8.18. The number of rotatable bonds is 3. The molecule has 86 valence electrons. The normalized spacial score (nSPS) is 11.8. The van der Waals surface area contributed by atoms with Crippen LogP contribution in [-0.4, -0.2) is 19.6 Å². The van der Waals surface area contributed by atoms with Crippen molar-refractivity contribution in [1.82, 2.24) is 4.98 Å². The molecule has 1 heterocycles. The van der Waals surface area contributed by atoms with Crippen LogP contribution in [0.1, 0.15) is 5.56 Å². The minimum Gasteiger partial charge on any atom is -0.265 e. The molecule has 5 heteroatoms. The standard InChI is InChI=1S/C12H10N2O2S/c15-17(16,12-4-2-1-3-5-12)14-10-11-6-8-13-9-7-11/h1-10H. The smallest absolute Gasteiger partial charge is 0.265 e. The van der Waals surface area contributed by atoms with E-state index < -0.39 is 10.0 Å². The highest BCUT2D eigenvalue weighted by Crippen LogP contribution is 2.10. The quantitative estimate of drug-likeness (QED) is 0.777. The summed E-state index contributed by atoms with van der Waals surface area (Å²) in [5, 5.41) is 0. The summed E-state index contributed by atoms with van der Waals surface area (Å²) >= 11 is 0. The molecule has 0 atom stereocenters. The van der Waals surface area contributed by atoms with Gasteiger partial charge in [0, 0.05) is 18.6 Å². The molecule has 0 saturated heterocycles. The molecule has 0 amide bonds. The summed E-state index contributed by atoms with van der Waals surface area (Å²) in [6.45, 7) is 0. The van der Waals surface area contributed by atoms with Crippen molar-refractivity contribution in [3.63, 3.8) is 0 Å². The Bertz CT molecular complexity index is 607. The molecule has 0 bridgehead atoms. The average molecular weight is 246 g/mol. The van der Waals surface area contributed by atoms with Crippen molar-refractivity contribution in [3.8, 4) is 0 Å². The lowest BCUT2D eigenvalue weighted by Gasteiger charge is -1.97.